The van der Waals surface area contributed by atoms with Crippen molar-refractivity contribution < 1.29 is 14.3 Å². The van der Waals surface area contributed by atoms with Crippen molar-refractivity contribution in [3.8, 4) is 0 Å². The predicted octanol–water partition coefficient (Wildman–Crippen LogP) is 6.32. The number of hydrogen-bond donors (Lipinski definition) is 1. The van der Waals surface area contributed by atoms with Gasteiger partial charge in [-0.05, 0) is 26.2 Å². The zero-order chi connectivity index (χ0) is 20.5. The summed E-state index contributed by atoms with van der Waals surface area (Å²) in [6.07, 6.45) is 20.9. The van der Waals surface area contributed by atoms with E-state index >= 15 is 0 Å². The maximum atomic E-state index is 12.2. The standard InChI is InChI=1S/C24H45NO3/c1-3-4-5-6-7-8-9-10-11-12-13-17-20-28-24(27)21(2)25-23(26)22-18-15-14-16-19-22/h21-22H,3-20H2,1-2H3,(H,25,26). The molecule has 1 fully saturated rings. The Morgan fingerprint density at radius 2 is 1.32 bits per heavy atom. The van der Waals surface area contributed by atoms with E-state index in [1.807, 2.05) is 0 Å². The van der Waals surface area contributed by atoms with Crippen molar-refractivity contribution >= 4 is 11.9 Å². The lowest BCUT2D eigenvalue weighted by molar-refractivity contribution is -0.148. The number of ether oxygens (including phenoxy) is 1. The van der Waals surface area contributed by atoms with E-state index in [1.54, 1.807) is 6.92 Å². The first kappa shape index (κ1) is 25.0. The second-order valence-electron chi connectivity index (χ2n) is 8.62. The van der Waals surface area contributed by atoms with Crippen LogP contribution in [0.15, 0.2) is 0 Å². The number of carbonyl (C=O) groups excluding carboxylic acids is 2. The van der Waals surface area contributed by atoms with Crippen molar-refractivity contribution in [1.29, 1.82) is 0 Å². The second-order valence-corrected chi connectivity index (χ2v) is 8.62. The lowest BCUT2D eigenvalue weighted by atomic mass is 9.88. The summed E-state index contributed by atoms with van der Waals surface area (Å²) in [7, 11) is 0. The van der Waals surface area contributed by atoms with Gasteiger partial charge in [0.05, 0.1) is 6.61 Å². The van der Waals surface area contributed by atoms with Crippen molar-refractivity contribution in [1.82, 2.24) is 5.32 Å². The van der Waals surface area contributed by atoms with E-state index in [-0.39, 0.29) is 17.8 Å². The third-order valence-corrected chi connectivity index (χ3v) is 5.93. The summed E-state index contributed by atoms with van der Waals surface area (Å²) in [5, 5.41) is 2.83. The first-order valence-corrected chi connectivity index (χ1v) is 12.1. The molecule has 1 aliphatic rings. The van der Waals surface area contributed by atoms with Crippen LogP contribution in [0, 0.1) is 5.92 Å². The Balaban J connectivity index is 1.91. The molecule has 0 aromatic carbocycles. The summed E-state index contributed by atoms with van der Waals surface area (Å²) < 4.78 is 5.33. The van der Waals surface area contributed by atoms with Gasteiger partial charge in [-0.15, -0.1) is 0 Å². The van der Waals surface area contributed by atoms with E-state index in [0.29, 0.717) is 6.61 Å². The molecule has 0 radical (unpaired) electrons. The molecule has 164 valence electrons. The highest BCUT2D eigenvalue weighted by Crippen LogP contribution is 2.23. The minimum atomic E-state index is -0.535. The topological polar surface area (TPSA) is 55.4 Å². The minimum Gasteiger partial charge on any atom is -0.464 e. The molecular weight excluding hydrogens is 350 g/mol. The highest BCUT2D eigenvalue weighted by Gasteiger charge is 2.24. The maximum absolute atomic E-state index is 12.2. The average molecular weight is 396 g/mol. The normalized spacial score (nSPS) is 15.9. The Morgan fingerprint density at radius 3 is 1.86 bits per heavy atom. The van der Waals surface area contributed by atoms with Gasteiger partial charge < -0.3 is 10.1 Å². The maximum Gasteiger partial charge on any atom is 0.328 e. The molecule has 28 heavy (non-hydrogen) atoms. The summed E-state index contributed by atoms with van der Waals surface area (Å²) >= 11 is 0. The van der Waals surface area contributed by atoms with Crippen LogP contribution in [0.4, 0.5) is 0 Å². The Bertz CT molecular complexity index is 405. The average Bonchev–Trinajstić information content (AvgIpc) is 2.71. The molecule has 1 atom stereocenters. The zero-order valence-corrected chi connectivity index (χ0v) is 18.6. The molecular formula is C24H45NO3. The molecule has 0 bridgehead atoms. The van der Waals surface area contributed by atoms with E-state index in [4.69, 9.17) is 4.74 Å². The molecule has 1 amide bonds. The zero-order valence-electron chi connectivity index (χ0n) is 18.6. The molecule has 0 aromatic rings. The Hall–Kier alpha value is -1.06. The van der Waals surface area contributed by atoms with Crippen molar-refractivity contribution in [2.45, 2.75) is 129 Å². The van der Waals surface area contributed by atoms with Gasteiger partial charge in [-0.2, -0.15) is 0 Å². The number of nitrogens with one attached hydrogen (secondary N) is 1. The van der Waals surface area contributed by atoms with Gasteiger partial charge in [0.25, 0.3) is 0 Å². The van der Waals surface area contributed by atoms with Gasteiger partial charge in [-0.3, -0.25) is 4.79 Å². The third-order valence-electron chi connectivity index (χ3n) is 5.93. The summed E-state index contributed by atoms with van der Waals surface area (Å²) in [5.41, 5.74) is 0. The highest BCUT2D eigenvalue weighted by atomic mass is 16.5. The summed E-state index contributed by atoms with van der Waals surface area (Å²) in [6, 6.07) is -0.535. The molecule has 1 unspecified atom stereocenters. The van der Waals surface area contributed by atoms with Gasteiger partial charge in [0.1, 0.15) is 6.04 Å². The van der Waals surface area contributed by atoms with Crippen LogP contribution in [0.2, 0.25) is 0 Å². The Labute approximate surface area is 173 Å². The summed E-state index contributed by atoms with van der Waals surface area (Å²) in [5.74, 6) is -0.193. The predicted molar refractivity (Wildman–Crippen MR) is 116 cm³/mol. The first-order chi connectivity index (χ1) is 13.6. The van der Waals surface area contributed by atoms with Gasteiger partial charge in [-0.25, -0.2) is 4.79 Å². The molecule has 1 saturated carbocycles. The van der Waals surface area contributed by atoms with Crippen molar-refractivity contribution in [2.75, 3.05) is 6.61 Å². The molecule has 0 spiro atoms. The van der Waals surface area contributed by atoms with Crippen LogP contribution in [0.3, 0.4) is 0 Å². The number of carbonyl (C=O) groups is 2. The number of rotatable bonds is 16. The Kier molecular flexibility index (Phi) is 15.0. The van der Waals surface area contributed by atoms with E-state index < -0.39 is 6.04 Å². The van der Waals surface area contributed by atoms with Gasteiger partial charge in [0, 0.05) is 5.92 Å². The second kappa shape index (κ2) is 16.9. The molecule has 1 N–H and O–H groups in total. The van der Waals surface area contributed by atoms with Crippen molar-refractivity contribution in [3.05, 3.63) is 0 Å². The van der Waals surface area contributed by atoms with E-state index in [1.165, 1.54) is 70.6 Å². The quantitative estimate of drug-likeness (QED) is 0.246. The van der Waals surface area contributed by atoms with Crippen LogP contribution in [0.25, 0.3) is 0 Å². The van der Waals surface area contributed by atoms with E-state index in [2.05, 4.69) is 12.2 Å². The summed E-state index contributed by atoms with van der Waals surface area (Å²) in [6.45, 7) is 4.46. The number of esters is 1. The fraction of sp³-hybridized carbons (Fsp3) is 0.917. The van der Waals surface area contributed by atoms with Gasteiger partial charge >= 0.3 is 5.97 Å². The first-order valence-electron chi connectivity index (χ1n) is 12.1. The lowest BCUT2D eigenvalue weighted by Crippen LogP contribution is -2.43. The van der Waals surface area contributed by atoms with Gasteiger partial charge in [-0.1, -0.05) is 96.8 Å². The molecule has 1 aliphatic carbocycles. The number of hydrogen-bond acceptors (Lipinski definition) is 3. The smallest absolute Gasteiger partial charge is 0.328 e. The highest BCUT2D eigenvalue weighted by molar-refractivity contribution is 5.85. The number of unbranched alkanes of at least 4 members (excludes halogenated alkanes) is 11. The Morgan fingerprint density at radius 1 is 0.821 bits per heavy atom. The molecule has 0 heterocycles. The van der Waals surface area contributed by atoms with Gasteiger partial charge in [0.15, 0.2) is 0 Å². The lowest BCUT2D eigenvalue weighted by Gasteiger charge is -2.22. The third kappa shape index (κ3) is 12.4. The van der Waals surface area contributed by atoms with Crippen LogP contribution in [0.5, 0.6) is 0 Å². The van der Waals surface area contributed by atoms with Crippen molar-refractivity contribution in [3.63, 3.8) is 0 Å². The molecule has 4 nitrogen and oxygen atoms in total. The fourth-order valence-corrected chi connectivity index (χ4v) is 4.00. The molecule has 0 aliphatic heterocycles. The summed E-state index contributed by atoms with van der Waals surface area (Å²) in [4.78, 5) is 24.2. The molecule has 4 heteroatoms. The van der Waals surface area contributed by atoms with Crippen molar-refractivity contribution in [2.24, 2.45) is 5.92 Å². The number of amides is 1. The van der Waals surface area contributed by atoms with E-state index in [0.717, 1.165) is 38.5 Å². The molecule has 0 saturated heterocycles. The molecule has 1 rings (SSSR count). The van der Waals surface area contributed by atoms with Crippen LogP contribution >= 0.6 is 0 Å². The monoisotopic (exact) mass is 395 g/mol. The van der Waals surface area contributed by atoms with Crippen LogP contribution < -0.4 is 5.32 Å². The SMILES string of the molecule is CCCCCCCCCCCCCCOC(=O)C(C)NC(=O)C1CCCCC1. The fourth-order valence-electron chi connectivity index (χ4n) is 4.00. The van der Waals surface area contributed by atoms with Crippen LogP contribution in [-0.2, 0) is 14.3 Å². The molecule has 0 aromatic heterocycles. The largest absolute Gasteiger partial charge is 0.464 e. The van der Waals surface area contributed by atoms with Gasteiger partial charge in [0.2, 0.25) is 5.91 Å². The minimum absolute atomic E-state index is 0.0227. The van der Waals surface area contributed by atoms with Crippen LogP contribution in [0.1, 0.15) is 123 Å². The van der Waals surface area contributed by atoms with E-state index in [9.17, 15) is 9.59 Å². The van der Waals surface area contributed by atoms with Crippen LogP contribution in [-0.4, -0.2) is 24.5 Å².